The Morgan fingerprint density at radius 2 is 2.21 bits per heavy atom. The zero-order valence-corrected chi connectivity index (χ0v) is 13.4. The topological polar surface area (TPSA) is 29.1 Å². The van der Waals surface area contributed by atoms with Crippen molar-refractivity contribution >= 4 is 34.2 Å². The van der Waals surface area contributed by atoms with E-state index in [0.717, 1.165) is 23.1 Å². The maximum Gasteiger partial charge on any atom is 0.224 e. The molecule has 0 heterocycles. The van der Waals surface area contributed by atoms with Crippen LogP contribution in [0.2, 0.25) is 0 Å². The summed E-state index contributed by atoms with van der Waals surface area (Å²) < 4.78 is 1.21. The van der Waals surface area contributed by atoms with Gasteiger partial charge in [0.1, 0.15) is 0 Å². The van der Waals surface area contributed by atoms with Gasteiger partial charge in [0.2, 0.25) is 5.91 Å². The van der Waals surface area contributed by atoms with Crippen molar-refractivity contribution in [3.8, 4) is 0 Å². The number of amides is 1. The molecule has 102 valence electrons. The van der Waals surface area contributed by atoms with Gasteiger partial charge in [-0.15, -0.1) is 0 Å². The molecule has 0 spiro atoms. The van der Waals surface area contributed by atoms with Gasteiger partial charge in [0, 0.05) is 15.7 Å². The third-order valence-electron chi connectivity index (χ3n) is 4.79. The average Bonchev–Trinajstić information content (AvgIpc) is 2.95. The molecule has 2 aliphatic rings. The van der Waals surface area contributed by atoms with Crippen molar-refractivity contribution in [1.82, 2.24) is 0 Å². The van der Waals surface area contributed by atoms with Crippen molar-refractivity contribution < 1.29 is 4.79 Å². The summed E-state index contributed by atoms with van der Waals surface area (Å²) in [7, 11) is 0. The Hall–Kier alpha value is -0.580. The molecule has 0 saturated heterocycles. The SMILES string of the molecule is Cc1cc(I)ccc1NC(=O)C[C@H]1C[C@H]2CC[C@H]1C2. The Balaban J connectivity index is 1.59. The molecule has 2 aliphatic carbocycles. The summed E-state index contributed by atoms with van der Waals surface area (Å²) in [5, 5.41) is 3.08. The summed E-state index contributed by atoms with van der Waals surface area (Å²) in [4.78, 5) is 12.2. The molecule has 2 bridgehead atoms. The normalized spacial score (nSPS) is 28.6. The van der Waals surface area contributed by atoms with Gasteiger partial charge >= 0.3 is 0 Å². The van der Waals surface area contributed by atoms with Crippen molar-refractivity contribution in [3.05, 3.63) is 27.3 Å². The Bertz CT molecular complexity index is 500. The van der Waals surface area contributed by atoms with Gasteiger partial charge in [-0.2, -0.15) is 0 Å². The second-order valence-electron chi connectivity index (χ2n) is 6.15. The third-order valence-corrected chi connectivity index (χ3v) is 5.47. The van der Waals surface area contributed by atoms with Gasteiger partial charge in [0.15, 0.2) is 0 Å². The summed E-state index contributed by atoms with van der Waals surface area (Å²) in [6.07, 6.45) is 6.13. The first-order valence-corrected chi connectivity index (χ1v) is 8.25. The lowest BCUT2D eigenvalue weighted by atomic mass is 9.86. The van der Waals surface area contributed by atoms with Crippen LogP contribution in [0.4, 0.5) is 5.69 Å². The fraction of sp³-hybridized carbons (Fsp3) is 0.562. The monoisotopic (exact) mass is 369 g/mol. The summed E-state index contributed by atoms with van der Waals surface area (Å²) in [5.74, 6) is 2.58. The first-order valence-electron chi connectivity index (χ1n) is 7.18. The predicted molar refractivity (Wildman–Crippen MR) is 86.1 cm³/mol. The van der Waals surface area contributed by atoms with Gasteiger partial charge in [-0.3, -0.25) is 4.79 Å². The predicted octanol–water partition coefficient (Wildman–Crippen LogP) is 4.36. The van der Waals surface area contributed by atoms with Crippen molar-refractivity contribution in [3.63, 3.8) is 0 Å². The van der Waals surface area contributed by atoms with E-state index in [0.29, 0.717) is 12.3 Å². The highest BCUT2D eigenvalue weighted by molar-refractivity contribution is 14.1. The van der Waals surface area contributed by atoms with Crippen molar-refractivity contribution in [2.75, 3.05) is 5.32 Å². The molecule has 19 heavy (non-hydrogen) atoms. The molecule has 2 fully saturated rings. The van der Waals surface area contributed by atoms with Crippen LogP contribution in [-0.2, 0) is 4.79 Å². The van der Waals surface area contributed by atoms with Gasteiger partial charge in [-0.25, -0.2) is 0 Å². The smallest absolute Gasteiger partial charge is 0.224 e. The molecule has 1 amide bonds. The molecule has 3 rings (SSSR count). The quantitative estimate of drug-likeness (QED) is 0.788. The molecule has 1 N–H and O–H groups in total. The maximum atomic E-state index is 12.2. The summed E-state index contributed by atoms with van der Waals surface area (Å²) >= 11 is 2.30. The molecular weight excluding hydrogens is 349 g/mol. The van der Waals surface area contributed by atoms with Crippen LogP contribution in [0.3, 0.4) is 0 Å². The number of rotatable bonds is 3. The van der Waals surface area contributed by atoms with Crippen LogP contribution in [0.5, 0.6) is 0 Å². The van der Waals surface area contributed by atoms with Crippen LogP contribution < -0.4 is 5.32 Å². The van der Waals surface area contributed by atoms with Crippen LogP contribution in [0.25, 0.3) is 0 Å². The molecule has 3 atom stereocenters. The molecule has 1 aromatic rings. The van der Waals surface area contributed by atoms with E-state index in [-0.39, 0.29) is 5.91 Å². The van der Waals surface area contributed by atoms with Crippen LogP contribution in [0.1, 0.15) is 37.7 Å². The molecule has 2 nitrogen and oxygen atoms in total. The van der Waals surface area contributed by atoms with Gasteiger partial charge < -0.3 is 5.32 Å². The number of fused-ring (bicyclic) bond motifs is 2. The number of carbonyl (C=O) groups excluding carboxylic acids is 1. The second kappa shape index (κ2) is 5.43. The molecule has 0 aromatic heterocycles. The Morgan fingerprint density at radius 1 is 1.37 bits per heavy atom. The number of aryl methyl sites for hydroxylation is 1. The molecule has 2 saturated carbocycles. The number of carbonyl (C=O) groups is 1. The van der Waals surface area contributed by atoms with Crippen molar-refractivity contribution in [2.24, 2.45) is 17.8 Å². The number of nitrogens with one attached hydrogen (secondary N) is 1. The minimum Gasteiger partial charge on any atom is -0.326 e. The van der Waals surface area contributed by atoms with Crippen LogP contribution in [-0.4, -0.2) is 5.91 Å². The highest BCUT2D eigenvalue weighted by Gasteiger charge is 2.40. The molecular formula is C16H20INO. The average molecular weight is 369 g/mol. The molecule has 0 radical (unpaired) electrons. The van der Waals surface area contributed by atoms with E-state index in [4.69, 9.17) is 0 Å². The summed E-state index contributed by atoms with van der Waals surface area (Å²) in [6, 6.07) is 6.16. The van der Waals surface area contributed by atoms with E-state index >= 15 is 0 Å². The van der Waals surface area contributed by atoms with Gasteiger partial charge in [0.05, 0.1) is 0 Å². The third kappa shape index (κ3) is 2.96. The zero-order chi connectivity index (χ0) is 13.4. The van der Waals surface area contributed by atoms with Gasteiger partial charge in [-0.05, 0) is 90.3 Å². The maximum absolute atomic E-state index is 12.2. The van der Waals surface area contributed by atoms with E-state index in [9.17, 15) is 4.79 Å². The lowest BCUT2D eigenvalue weighted by molar-refractivity contribution is -0.117. The number of hydrogen-bond donors (Lipinski definition) is 1. The lowest BCUT2D eigenvalue weighted by Crippen LogP contribution is -2.20. The standard InChI is InChI=1S/C16H20INO/c1-10-6-14(17)4-5-15(10)18-16(19)9-13-8-11-2-3-12(13)7-11/h4-6,11-13H,2-3,7-9H2,1H3,(H,18,19)/t11-,12-,13+/m0/s1. The van der Waals surface area contributed by atoms with E-state index in [1.54, 1.807) is 0 Å². The minimum absolute atomic E-state index is 0.196. The van der Waals surface area contributed by atoms with E-state index in [2.05, 4.69) is 40.9 Å². The Morgan fingerprint density at radius 3 is 2.84 bits per heavy atom. The van der Waals surface area contributed by atoms with Gasteiger partial charge in [-0.1, -0.05) is 6.42 Å². The highest BCUT2D eigenvalue weighted by atomic mass is 127. The second-order valence-corrected chi connectivity index (χ2v) is 7.39. The molecule has 3 heteroatoms. The number of benzene rings is 1. The molecule has 1 aromatic carbocycles. The number of hydrogen-bond acceptors (Lipinski definition) is 1. The first kappa shape index (κ1) is 13.4. The number of anilines is 1. The first-order chi connectivity index (χ1) is 9.11. The Labute approximate surface area is 128 Å². The summed E-state index contributed by atoms with van der Waals surface area (Å²) in [6.45, 7) is 2.05. The number of halogens is 1. The van der Waals surface area contributed by atoms with E-state index < -0.39 is 0 Å². The van der Waals surface area contributed by atoms with Crippen LogP contribution in [0, 0.1) is 28.2 Å². The fourth-order valence-corrected chi connectivity index (χ4v) is 4.48. The minimum atomic E-state index is 0.196. The zero-order valence-electron chi connectivity index (χ0n) is 11.3. The van der Waals surface area contributed by atoms with Gasteiger partial charge in [0.25, 0.3) is 0 Å². The highest BCUT2D eigenvalue weighted by Crippen LogP contribution is 2.49. The van der Waals surface area contributed by atoms with Crippen molar-refractivity contribution in [1.29, 1.82) is 0 Å². The fourth-order valence-electron chi connectivity index (χ4n) is 3.83. The van der Waals surface area contributed by atoms with E-state index in [1.165, 1.54) is 29.3 Å². The van der Waals surface area contributed by atoms with Crippen LogP contribution >= 0.6 is 22.6 Å². The Kier molecular flexibility index (Phi) is 3.83. The molecule has 0 aliphatic heterocycles. The van der Waals surface area contributed by atoms with E-state index in [1.807, 2.05) is 12.1 Å². The largest absolute Gasteiger partial charge is 0.326 e. The molecule has 0 unspecified atom stereocenters. The van der Waals surface area contributed by atoms with Crippen molar-refractivity contribution in [2.45, 2.75) is 39.0 Å². The van der Waals surface area contributed by atoms with Crippen LogP contribution in [0.15, 0.2) is 18.2 Å². The lowest BCUT2D eigenvalue weighted by Gasteiger charge is -2.21. The summed E-state index contributed by atoms with van der Waals surface area (Å²) in [5.41, 5.74) is 2.11.